The summed E-state index contributed by atoms with van der Waals surface area (Å²) in [4.78, 5) is 16.8. The Morgan fingerprint density at radius 3 is 2.94 bits per heavy atom. The lowest BCUT2D eigenvalue weighted by Crippen LogP contribution is -2.08. The zero-order valence-electron chi connectivity index (χ0n) is 17.4. The lowest BCUT2D eigenvalue weighted by Gasteiger charge is -2.07. The molecule has 0 aliphatic heterocycles. The van der Waals surface area contributed by atoms with E-state index in [1.54, 1.807) is 22.1 Å². The summed E-state index contributed by atoms with van der Waals surface area (Å²) in [5.74, 6) is 0.477. The van der Waals surface area contributed by atoms with Gasteiger partial charge in [0, 0.05) is 17.1 Å². The van der Waals surface area contributed by atoms with Gasteiger partial charge in [0.2, 0.25) is 11.1 Å². The number of carbonyl (C=O) groups is 1. The van der Waals surface area contributed by atoms with Crippen LogP contribution in [0.5, 0.6) is 5.75 Å². The average molecular weight is 465 g/mol. The second kappa shape index (κ2) is 10.2. The maximum Gasteiger partial charge on any atom is 0.248 e. The van der Waals surface area contributed by atoms with Crippen molar-refractivity contribution in [2.45, 2.75) is 18.7 Å². The molecule has 0 radical (unpaired) electrons. The van der Waals surface area contributed by atoms with Gasteiger partial charge in [-0.2, -0.15) is 4.68 Å². The number of carbonyl (C=O) groups excluding carboxylic acids is 1. The summed E-state index contributed by atoms with van der Waals surface area (Å²) >= 11 is 3.04. The number of thioether (sulfide) groups is 1. The SMILES string of the molecule is CSc1nnnn1-c1cccc(NC(=O)/C=C/c2cccc(OCc3csc(C)n3)c2)c1. The molecule has 0 saturated heterocycles. The molecule has 0 aliphatic rings. The molecule has 4 aromatic rings. The van der Waals surface area contributed by atoms with Crippen molar-refractivity contribution in [3.63, 3.8) is 0 Å². The van der Waals surface area contributed by atoms with Crippen LogP contribution >= 0.6 is 23.1 Å². The number of thiazole rings is 1. The Hall–Kier alpha value is -3.50. The second-order valence-corrected chi connectivity index (χ2v) is 8.50. The summed E-state index contributed by atoms with van der Waals surface area (Å²) in [6.07, 6.45) is 5.13. The summed E-state index contributed by atoms with van der Waals surface area (Å²) in [6, 6.07) is 14.9. The number of rotatable bonds is 8. The van der Waals surface area contributed by atoms with Crippen molar-refractivity contribution in [1.82, 2.24) is 25.2 Å². The Balaban J connectivity index is 1.38. The molecule has 0 fully saturated rings. The van der Waals surface area contributed by atoms with Gasteiger partial charge in [0.25, 0.3) is 0 Å². The average Bonchev–Trinajstić information content (AvgIpc) is 3.45. The normalized spacial score (nSPS) is 11.1. The van der Waals surface area contributed by atoms with Crippen molar-refractivity contribution < 1.29 is 9.53 Å². The standard InChI is InChI=1S/C22H20N6O2S2/c1-15-23-18(14-32-15)13-30-20-8-3-5-16(11-20)9-10-21(29)24-17-6-4-7-19(12-17)28-22(31-2)25-26-27-28/h3-12,14H,13H2,1-2H3,(H,24,29)/b10-9+. The Morgan fingerprint density at radius 1 is 1.25 bits per heavy atom. The zero-order valence-corrected chi connectivity index (χ0v) is 19.1. The lowest BCUT2D eigenvalue weighted by molar-refractivity contribution is -0.111. The first-order valence-corrected chi connectivity index (χ1v) is 11.8. The second-order valence-electron chi connectivity index (χ2n) is 6.67. The Bertz CT molecular complexity index is 1250. The predicted molar refractivity (Wildman–Crippen MR) is 126 cm³/mol. The number of aryl methyl sites for hydroxylation is 1. The van der Waals surface area contributed by atoms with Crippen LogP contribution in [-0.2, 0) is 11.4 Å². The first kappa shape index (κ1) is 21.7. The number of hydrogen-bond acceptors (Lipinski definition) is 8. The monoisotopic (exact) mass is 464 g/mol. The van der Waals surface area contributed by atoms with Crippen LogP contribution in [0.4, 0.5) is 5.69 Å². The van der Waals surface area contributed by atoms with Gasteiger partial charge in [-0.25, -0.2) is 4.98 Å². The molecule has 162 valence electrons. The molecule has 8 nitrogen and oxygen atoms in total. The fraction of sp³-hybridized carbons (Fsp3) is 0.136. The van der Waals surface area contributed by atoms with Gasteiger partial charge >= 0.3 is 0 Å². The third-order valence-corrected chi connectivity index (χ3v) is 5.76. The number of amides is 1. The molecular formula is C22H20N6O2S2. The van der Waals surface area contributed by atoms with E-state index in [0.717, 1.165) is 27.7 Å². The van der Waals surface area contributed by atoms with E-state index in [0.29, 0.717) is 17.5 Å². The molecule has 0 saturated carbocycles. The summed E-state index contributed by atoms with van der Waals surface area (Å²) in [5, 5.41) is 18.2. The Labute approximate surface area is 193 Å². The Morgan fingerprint density at radius 2 is 2.12 bits per heavy atom. The van der Waals surface area contributed by atoms with Gasteiger partial charge in [-0.3, -0.25) is 4.79 Å². The molecule has 4 rings (SSSR count). The van der Waals surface area contributed by atoms with Gasteiger partial charge in [0.05, 0.1) is 16.4 Å². The number of hydrogen-bond donors (Lipinski definition) is 1. The van der Waals surface area contributed by atoms with Crippen LogP contribution in [0.3, 0.4) is 0 Å². The molecule has 1 N–H and O–H groups in total. The minimum Gasteiger partial charge on any atom is -0.487 e. The molecule has 10 heteroatoms. The molecule has 0 spiro atoms. The molecular weight excluding hydrogens is 444 g/mol. The molecule has 2 aromatic heterocycles. The number of benzene rings is 2. The quantitative estimate of drug-likeness (QED) is 0.305. The van der Waals surface area contributed by atoms with Gasteiger partial charge in [-0.1, -0.05) is 30.0 Å². The van der Waals surface area contributed by atoms with Crippen molar-refractivity contribution in [3.8, 4) is 11.4 Å². The van der Waals surface area contributed by atoms with Crippen LogP contribution in [0, 0.1) is 6.92 Å². The molecule has 0 aliphatic carbocycles. The fourth-order valence-corrected chi connectivity index (χ4v) is 3.91. The van der Waals surface area contributed by atoms with Crippen LogP contribution in [0.1, 0.15) is 16.3 Å². The predicted octanol–water partition coefficient (Wildman–Crippen LogP) is 4.38. The van der Waals surface area contributed by atoms with E-state index in [1.807, 2.05) is 67.1 Å². The van der Waals surface area contributed by atoms with Gasteiger partial charge in [-0.15, -0.1) is 16.4 Å². The van der Waals surface area contributed by atoms with Crippen LogP contribution in [0.15, 0.2) is 65.1 Å². The van der Waals surface area contributed by atoms with Crippen LogP contribution in [-0.4, -0.2) is 37.4 Å². The zero-order chi connectivity index (χ0) is 22.3. The van der Waals surface area contributed by atoms with E-state index in [4.69, 9.17) is 4.74 Å². The minimum atomic E-state index is -0.242. The van der Waals surface area contributed by atoms with Crippen LogP contribution in [0.25, 0.3) is 11.8 Å². The molecule has 2 aromatic carbocycles. The molecule has 2 heterocycles. The molecule has 0 bridgehead atoms. The van der Waals surface area contributed by atoms with E-state index in [1.165, 1.54) is 17.8 Å². The first-order valence-electron chi connectivity index (χ1n) is 9.66. The fourth-order valence-electron chi connectivity index (χ4n) is 2.88. The number of ether oxygens (including phenoxy) is 1. The van der Waals surface area contributed by atoms with Crippen molar-refractivity contribution >= 4 is 40.8 Å². The van der Waals surface area contributed by atoms with Crippen LogP contribution < -0.4 is 10.1 Å². The molecule has 1 amide bonds. The summed E-state index contributed by atoms with van der Waals surface area (Å²) in [5.41, 5.74) is 3.18. The molecule has 0 unspecified atom stereocenters. The van der Waals surface area contributed by atoms with E-state index in [9.17, 15) is 4.79 Å². The number of nitrogens with zero attached hydrogens (tertiary/aromatic N) is 5. The molecule has 0 atom stereocenters. The summed E-state index contributed by atoms with van der Waals surface area (Å²) < 4.78 is 7.43. The largest absolute Gasteiger partial charge is 0.487 e. The van der Waals surface area contributed by atoms with Gasteiger partial charge in [0.1, 0.15) is 12.4 Å². The number of nitrogens with one attached hydrogen (secondary N) is 1. The minimum absolute atomic E-state index is 0.242. The van der Waals surface area contributed by atoms with Crippen molar-refractivity contribution in [1.29, 1.82) is 0 Å². The summed E-state index contributed by atoms with van der Waals surface area (Å²) in [6.45, 7) is 2.38. The maximum absolute atomic E-state index is 12.4. The number of anilines is 1. The highest BCUT2D eigenvalue weighted by Gasteiger charge is 2.08. The smallest absolute Gasteiger partial charge is 0.248 e. The van der Waals surface area contributed by atoms with Crippen molar-refractivity contribution in [3.05, 3.63) is 76.3 Å². The lowest BCUT2D eigenvalue weighted by atomic mass is 10.2. The van der Waals surface area contributed by atoms with E-state index in [-0.39, 0.29) is 5.91 Å². The topological polar surface area (TPSA) is 94.8 Å². The highest BCUT2D eigenvalue weighted by atomic mass is 32.2. The highest BCUT2D eigenvalue weighted by molar-refractivity contribution is 7.98. The molecule has 32 heavy (non-hydrogen) atoms. The highest BCUT2D eigenvalue weighted by Crippen LogP contribution is 2.20. The van der Waals surface area contributed by atoms with E-state index < -0.39 is 0 Å². The van der Waals surface area contributed by atoms with E-state index in [2.05, 4.69) is 25.8 Å². The van der Waals surface area contributed by atoms with Gasteiger partial charge < -0.3 is 10.1 Å². The maximum atomic E-state index is 12.4. The van der Waals surface area contributed by atoms with Crippen molar-refractivity contribution in [2.75, 3.05) is 11.6 Å². The third-order valence-electron chi connectivity index (χ3n) is 4.32. The number of tetrazole rings is 1. The van der Waals surface area contributed by atoms with Crippen molar-refractivity contribution in [2.24, 2.45) is 0 Å². The third kappa shape index (κ3) is 5.59. The van der Waals surface area contributed by atoms with Crippen LogP contribution in [0.2, 0.25) is 0 Å². The summed E-state index contributed by atoms with van der Waals surface area (Å²) in [7, 11) is 0. The van der Waals surface area contributed by atoms with E-state index >= 15 is 0 Å². The van der Waals surface area contributed by atoms with Gasteiger partial charge in [-0.05, 0) is 65.6 Å². The number of aromatic nitrogens is 5. The Kier molecular flexibility index (Phi) is 6.93. The first-order chi connectivity index (χ1) is 15.6. The van der Waals surface area contributed by atoms with Gasteiger partial charge in [0.15, 0.2) is 0 Å².